The van der Waals surface area contributed by atoms with Crippen LogP contribution in [0.1, 0.15) is 52.4 Å². The molecule has 0 heterocycles. The molecule has 17 nitrogen and oxygen atoms in total. The van der Waals surface area contributed by atoms with E-state index < -0.39 is 60.2 Å². The molecular formula is C22H43N11O6. The van der Waals surface area contributed by atoms with Gasteiger partial charge in [-0.25, -0.2) is 4.79 Å². The SMILES string of the molecule is CCC(C)C(N)C(=O)NC(CCCN=C(N)N)C(=O)NC(CC(N)=O)C(=O)NC(CCCN=C(N)N)C(=O)O. The number of primary amides is 1. The molecule has 0 saturated carbocycles. The van der Waals surface area contributed by atoms with Crippen molar-refractivity contribution in [2.45, 2.75) is 76.5 Å². The standard InChI is InChI=1S/C22H43N11O6/c1-3-11(2)16(24)19(37)31-12(6-4-8-29-21(25)26)17(35)33-14(10-15(23)34)18(36)32-13(20(38)39)7-5-9-30-22(27)28/h11-14,16H,3-10,24H2,1-2H3,(H2,23,34)(H,31,37)(H,32,36)(H,33,35)(H,38,39)(H4,25,26,29)(H4,27,28,30). The molecule has 0 aromatic rings. The van der Waals surface area contributed by atoms with Gasteiger partial charge in [-0.1, -0.05) is 20.3 Å². The number of carboxylic acid groups (broad SMARTS) is 1. The highest BCUT2D eigenvalue weighted by molar-refractivity contribution is 5.96. The van der Waals surface area contributed by atoms with Crippen molar-refractivity contribution in [3.8, 4) is 0 Å². The normalized spacial score (nSPS) is 14.4. The van der Waals surface area contributed by atoms with Crippen molar-refractivity contribution in [1.82, 2.24) is 16.0 Å². The smallest absolute Gasteiger partial charge is 0.326 e. The topological polar surface area (TPSA) is 323 Å². The minimum Gasteiger partial charge on any atom is -0.480 e. The molecular weight excluding hydrogens is 514 g/mol. The number of amides is 4. The van der Waals surface area contributed by atoms with Gasteiger partial charge in [0.25, 0.3) is 0 Å². The highest BCUT2D eigenvalue weighted by atomic mass is 16.4. The summed E-state index contributed by atoms with van der Waals surface area (Å²) in [6.45, 7) is 3.92. The number of nitrogens with one attached hydrogen (secondary N) is 3. The van der Waals surface area contributed by atoms with Crippen LogP contribution in [0.2, 0.25) is 0 Å². The maximum absolute atomic E-state index is 13.1. The van der Waals surface area contributed by atoms with Gasteiger partial charge in [0.15, 0.2) is 11.9 Å². The van der Waals surface area contributed by atoms with Gasteiger partial charge in [-0.05, 0) is 31.6 Å². The van der Waals surface area contributed by atoms with Crippen LogP contribution in [0.15, 0.2) is 9.98 Å². The molecule has 0 spiro atoms. The van der Waals surface area contributed by atoms with E-state index in [0.717, 1.165) is 0 Å². The van der Waals surface area contributed by atoms with Gasteiger partial charge in [-0.3, -0.25) is 29.2 Å². The van der Waals surface area contributed by atoms with Crippen LogP contribution >= 0.6 is 0 Å². The molecule has 0 aliphatic rings. The number of hydrogen-bond acceptors (Lipinski definition) is 8. The fourth-order valence-corrected chi connectivity index (χ4v) is 3.27. The van der Waals surface area contributed by atoms with Crippen molar-refractivity contribution in [2.24, 2.45) is 50.3 Å². The number of rotatable bonds is 19. The Balaban J connectivity index is 5.65. The van der Waals surface area contributed by atoms with E-state index >= 15 is 0 Å². The summed E-state index contributed by atoms with van der Waals surface area (Å²) in [5.74, 6) is -5.13. The van der Waals surface area contributed by atoms with Crippen LogP contribution in [0.3, 0.4) is 0 Å². The van der Waals surface area contributed by atoms with Gasteiger partial charge in [-0.15, -0.1) is 0 Å². The second-order valence-electron chi connectivity index (χ2n) is 9.00. The summed E-state index contributed by atoms with van der Waals surface area (Å²) in [4.78, 5) is 69.5. The summed E-state index contributed by atoms with van der Waals surface area (Å²) in [6.07, 6.45) is 0.522. The third kappa shape index (κ3) is 15.0. The Hall–Kier alpha value is -4.15. The predicted octanol–water partition coefficient (Wildman–Crippen LogP) is -4.12. The Morgan fingerprint density at radius 1 is 0.744 bits per heavy atom. The molecule has 0 bridgehead atoms. The highest BCUT2D eigenvalue weighted by Crippen LogP contribution is 2.08. The lowest BCUT2D eigenvalue weighted by Gasteiger charge is -2.25. The minimum atomic E-state index is -1.52. The van der Waals surface area contributed by atoms with Gasteiger partial charge in [0, 0.05) is 13.1 Å². The zero-order valence-electron chi connectivity index (χ0n) is 22.4. The molecule has 5 atom stereocenters. The summed E-state index contributed by atoms with van der Waals surface area (Å²) in [7, 11) is 0. The number of aliphatic imine (C=N–C) groups is 2. The van der Waals surface area contributed by atoms with E-state index in [1.54, 1.807) is 6.92 Å². The van der Waals surface area contributed by atoms with Crippen molar-refractivity contribution in [3.05, 3.63) is 0 Å². The molecule has 5 unspecified atom stereocenters. The van der Waals surface area contributed by atoms with Crippen molar-refractivity contribution in [1.29, 1.82) is 0 Å². The van der Waals surface area contributed by atoms with Crippen molar-refractivity contribution in [3.63, 3.8) is 0 Å². The van der Waals surface area contributed by atoms with E-state index in [0.29, 0.717) is 6.42 Å². The second-order valence-corrected chi connectivity index (χ2v) is 9.00. The van der Waals surface area contributed by atoms with Gasteiger partial charge in [-0.2, -0.15) is 0 Å². The summed E-state index contributed by atoms with van der Waals surface area (Å²) >= 11 is 0. The highest BCUT2D eigenvalue weighted by Gasteiger charge is 2.31. The third-order valence-electron chi connectivity index (χ3n) is 5.74. The number of carbonyl (C=O) groups is 5. The van der Waals surface area contributed by atoms with Crippen LogP contribution in [-0.2, 0) is 24.0 Å². The molecule has 0 aromatic carbocycles. The van der Waals surface area contributed by atoms with Crippen molar-refractivity contribution >= 4 is 41.5 Å². The first-order valence-corrected chi connectivity index (χ1v) is 12.5. The molecule has 0 aliphatic heterocycles. The van der Waals surface area contributed by atoms with Crippen LogP contribution in [0, 0.1) is 5.92 Å². The molecule has 0 radical (unpaired) electrons. The largest absolute Gasteiger partial charge is 0.480 e. The zero-order chi connectivity index (χ0) is 30.1. The van der Waals surface area contributed by atoms with Crippen molar-refractivity contribution in [2.75, 3.05) is 13.1 Å². The zero-order valence-corrected chi connectivity index (χ0v) is 22.4. The molecule has 0 rings (SSSR count). The van der Waals surface area contributed by atoms with E-state index in [4.69, 9.17) is 34.4 Å². The average molecular weight is 558 g/mol. The Morgan fingerprint density at radius 3 is 1.62 bits per heavy atom. The molecule has 39 heavy (non-hydrogen) atoms. The van der Waals surface area contributed by atoms with Crippen LogP contribution in [0.4, 0.5) is 0 Å². The monoisotopic (exact) mass is 557 g/mol. The fourth-order valence-electron chi connectivity index (χ4n) is 3.27. The third-order valence-corrected chi connectivity index (χ3v) is 5.74. The van der Waals surface area contributed by atoms with E-state index in [-0.39, 0.29) is 56.6 Å². The predicted molar refractivity (Wildman–Crippen MR) is 144 cm³/mol. The number of guanidine groups is 2. The quantitative estimate of drug-likeness (QED) is 0.0413. The van der Waals surface area contributed by atoms with Crippen molar-refractivity contribution < 1.29 is 29.1 Å². The molecule has 17 heteroatoms. The van der Waals surface area contributed by atoms with E-state index in [2.05, 4.69) is 25.9 Å². The van der Waals surface area contributed by atoms with Crippen LogP contribution in [0.25, 0.3) is 0 Å². The van der Waals surface area contributed by atoms with Gasteiger partial charge in [0.2, 0.25) is 23.6 Å². The summed E-state index contributed by atoms with van der Waals surface area (Å²) in [5, 5.41) is 16.7. The first-order valence-electron chi connectivity index (χ1n) is 12.5. The lowest BCUT2D eigenvalue weighted by molar-refractivity contribution is -0.142. The summed E-state index contributed by atoms with van der Waals surface area (Å²) in [6, 6.07) is -4.94. The lowest BCUT2D eigenvalue weighted by atomic mass is 9.98. The summed E-state index contributed by atoms with van der Waals surface area (Å²) < 4.78 is 0. The maximum Gasteiger partial charge on any atom is 0.326 e. The number of aliphatic carboxylic acids is 1. The first-order chi connectivity index (χ1) is 18.2. The van der Waals surface area contributed by atoms with Crippen LogP contribution in [-0.4, -0.2) is 83.9 Å². The number of carbonyl (C=O) groups excluding carboxylic acids is 4. The van der Waals surface area contributed by atoms with E-state index in [1.165, 1.54) is 0 Å². The number of hydrogen-bond donors (Lipinski definition) is 10. The molecule has 16 N–H and O–H groups in total. The Labute approximate surface area is 226 Å². The number of carboxylic acids is 1. The first kappa shape index (κ1) is 34.9. The molecule has 0 aliphatic carbocycles. The molecule has 4 amide bonds. The summed E-state index contributed by atoms with van der Waals surface area (Å²) in [5.41, 5.74) is 32.3. The van der Waals surface area contributed by atoms with Gasteiger partial charge < -0.3 is 55.5 Å². The number of nitrogens with zero attached hydrogens (tertiary/aromatic N) is 2. The lowest BCUT2D eigenvalue weighted by Crippen LogP contribution is -2.58. The molecule has 222 valence electrons. The van der Waals surface area contributed by atoms with Gasteiger partial charge in [0.05, 0.1) is 12.5 Å². The Bertz CT molecular complexity index is 903. The average Bonchev–Trinajstić information content (AvgIpc) is 2.84. The maximum atomic E-state index is 13.1. The Morgan fingerprint density at radius 2 is 1.18 bits per heavy atom. The molecule has 0 saturated heterocycles. The van der Waals surface area contributed by atoms with E-state index in [9.17, 15) is 29.1 Å². The van der Waals surface area contributed by atoms with Gasteiger partial charge in [0.1, 0.15) is 18.1 Å². The fraction of sp³-hybridized carbons (Fsp3) is 0.682. The van der Waals surface area contributed by atoms with Gasteiger partial charge >= 0.3 is 5.97 Å². The molecule has 0 aromatic heterocycles. The van der Waals surface area contributed by atoms with Crippen LogP contribution in [0.5, 0.6) is 0 Å². The number of nitrogens with two attached hydrogens (primary N) is 6. The van der Waals surface area contributed by atoms with E-state index in [1.807, 2.05) is 6.92 Å². The second kappa shape index (κ2) is 18.2. The Kier molecular flexibility index (Phi) is 16.2. The molecule has 0 fully saturated rings. The van der Waals surface area contributed by atoms with Crippen LogP contribution < -0.4 is 50.4 Å². The minimum absolute atomic E-state index is 0.0356.